The molecular formula is C20H19N7O8S2. The molecule has 17 heteroatoms. The number of anilines is 1. The molecule has 0 aliphatic carbocycles. The molecule has 2 aliphatic heterocycles. The number of nitrogens with zero attached hydrogens (tertiary/aromatic N) is 5. The maximum absolute atomic E-state index is 12.9. The second-order valence-electron chi connectivity index (χ2n) is 7.71. The van der Waals surface area contributed by atoms with Gasteiger partial charge in [0.05, 0.1) is 18.3 Å². The standard InChI is InChI=1S/C20H19N7O8S2/c21-20-23-15(25-37-20)12(24-35-7-11(29)30)16(31)22-13-17(32)27-14(19(33)34)10(8-36-18(13)27)5-26-3-1-2-9(4-26)6-28/h1-4,13,18,28H,5-8H2,(H4-,21,22,23,25,29,30,31,33,34)/t13?,18-/m1/s1. The number of oxime groups is 1. The van der Waals surface area contributed by atoms with Gasteiger partial charge in [0.25, 0.3) is 11.8 Å². The van der Waals surface area contributed by atoms with Gasteiger partial charge in [0.1, 0.15) is 11.4 Å². The average molecular weight is 550 g/mol. The molecule has 2 aliphatic rings. The number of thioether (sulfide) groups is 1. The van der Waals surface area contributed by atoms with Gasteiger partial charge in [-0.2, -0.15) is 9.36 Å². The van der Waals surface area contributed by atoms with Crippen LogP contribution in [0.2, 0.25) is 0 Å². The van der Waals surface area contributed by atoms with Gasteiger partial charge in [-0.25, -0.2) is 9.36 Å². The van der Waals surface area contributed by atoms with Crippen LogP contribution in [0.15, 0.2) is 41.0 Å². The van der Waals surface area contributed by atoms with Crippen molar-refractivity contribution in [3.05, 3.63) is 47.2 Å². The van der Waals surface area contributed by atoms with Gasteiger partial charge in [0.2, 0.25) is 18.1 Å². The van der Waals surface area contributed by atoms with Crippen LogP contribution in [0.3, 0.4) is 0 Å². The first kappa shape index (κ1) is 26.0. The zero-order valence-electron chi connectivity index (χ0n) is 18.8. The van der Waals surface area contributed by atoms with E-state index in [1.165, 1.54) is 11.8 Å². The largest absolute Gasteiger partial charge is 0.543 e. The number of fused-ring (bicyclic) bond motifs is 1. The number of aromatic nitrogens is 3. The highest BCUT2D eigenvalue weighted by atomic mass is 32.2. The van der Waals surface area contributed by atoms with Crippen molar-refractivity contribution >= 4 is 57.9 Å². The molecule has 1 fully saturated rings. The van der Waals surface area contributed by atoms with Gasteiger partial charge in [-0.05, 0) is 6.07 Å². The molecule has 4 heterocycles. The fourth-order valence-corrected chi connectivity index (χ4v) is 5.43. The number of aliphatic hydroxyl groups is 1. The molecule has 194 valence electrons. The topological polar surface area (TPSA) is 224 Å². The third kappa shape index (κ3) is 5.52. The van der Waals surface area contributed by atoms with Gasteiger partial charge in [-0.3, -0.25) is 14.5 Å². The SMILES string of the molecule is Nc1nc(C(=NOCC(=O)O)C(=O)NC2C(=O)N3C(C(=O)[O-])=C(C[n+]4cccc(CO)c4)CS[C@H]23)ns1. The Kier molecular flexibility index (Phi) is 7.65. The molecule has 0 bridgehead atoms. The molecule has 2 amide bonds. The summed E-state index contributed by atoms with van der Waals surface area (Å²) in [5.41, 5.74) is 5.81. The fraction of sp³-hybridized carbons (Fsp3) is 0.300. The van der Waals surface area contributed by atoms with Crippen LogP contribution in [-0.2, 0) is 37.2 Å². The zero-order chi connectivity index (χ0) is 26.7. The lowest BCUT2D eigenvalue weighted by atomic mass is 10.0. The number of carboxylic acid groups (broad SMARTS) is 2. The second-order valence-corrected chi connectivity index (χ2v) is 9.59. The molecule has 15 nitrogen and oxygen atoms in total. The summed E-state index contributed by atoms with van der Waals surface area (Å²) in [6.45, 7) is -0.884. The number of hydrogen-bond acceptors (Lipinski definition) is 13. The molecule has 2 atom stereocenters. The van der Waals surface area contributed by atoms with Crippen LogP contribution in [-0.4, -0.2) is 77.7 Å². The van der Waals surface area contributed by atoms with Gasteiger partial charge in [0, 0.05) is 34.5 Å². The second kappa shape index (κ2) is 10.9. The Labute approximate surface area is 216 Å². The third-order valence-corrected chi connectivity index (χ3v) is 7.10. The number of carbonyl (C=O) groups is 4. The van der Waals surface area contributed by atoms with E-state index >= 15 is 0 Å². The van der Waals surface area contributed by atoms with E-state index in [9.17, 15) is 29.4 Å². The van der Waals surface area contributed by atoms with Gasteiger partial charge >= 0.3 is 5.97 Å². The van der Waals surface area contributed by atoms with E-state index in [2.05, 4.69) is 24.7 Å². The molecule has 0 radical (unpaired) electrons. The Bertz CT molecular complexity index is 1330. The summed E-state index contributed by atoms with van der Waals surface area (Å²) in [7, 11) is 0. The monoisotopic (exact) mass is 549 g/mol. The van der Waals surface area contributed by atoms with Crippen molar-refractivity contribution in [3.8, 4) is 0 Å². The zero-order valence-corrected chi connectivity index (χ0v) is 20.4. The smallest absolute Gasteiger partial charge is 0.344 e. The molecule has 37 heavy (non-hydrogen) atoms. The van der Waals surface area contributed by atoms with Crippen molar-refractivity contribution in [2.45, 2.75) is 24.6 Å². The minimum Gasteiger partial charge on any atom is -0.543 e. The molecule has 2 aromatic heterocycles. The minimum atomic E-state index is -1.54. The molecule has 0 spiro atoms. The number of nitrogen functional groups attached to an aromatic ring is 1. The van der Waals surface area contributed by atoms with Crippen molar-refractivity contribution in [2.75, 3.05) is 18.1 Å². The Morgan fingerprint density at radius 3 is 2.84 bits per heavy atom. The number of carboxylic acids is 2. The van der Waals surface area contributed by atoms with Crippen LogP contribution in [0.25, 0.3) is 0 Å². The predicted molar refractivity (Wildman–Crippen MR) is 124 cm³/mol. The van der Waals surface area contributed by atoms with E-state index < -0.39 is 47.5 Å². The van der Waals surface area contributed by atoms with Crippen LogP contribution < -0.4 is 20.7 Å². The number of aliphatic carboxylic acids is 2. The van der Waals surface area contributed by atoms with E-state index in [0.717, 1.165) is 16.4 Å². The van der Waals surface area contributed by atoms with Crippen LogP contribution in [0.5, 0.6) is 0 Å². The van der Waals surface area contributed by atoms with E-state index in [1.54, 1.807) is 29.1 Å². The Morgan fingerprint density at radius 2 is 2.19 bits per heavy atom. The molecular weight excluding hydrogens is 530 g/mol. The van der Waals surface area contributed by atoms with E-state index in [4.69, 9.17) is 10.8 Å². The number of hydrogen-bond donors (Lipinski definition) is 4. The maximum atomic E-state index is 12.9. The van der Waals surface area contributed by atoms with Gasteiger partial charge in [0.15, 0.2) is 24.1 Å². The average Bonchev–Trinajstić information content (AvgIpc) is 3.30. The summed E-state index contributed by atoms with van der Waals surface area (Å²) < 4.78 is 5.54. The Morgan fingerprint density at radius 1 is 1.41 bits per heavy atom. The summed E-state index contributed by atoms with van der Waals surface area (Å²) in [6, 6.07) is 2.30. The van der Waals surface area contributed by atoms with Crippen molar-refractivity contribution in [1.29, 1.82) is 0 Å². The lowest BCUT2D eigenvalue weighted by molar-refractivity contribution is -0.689. The number of aliphatic hydroxyl groups excluding tert-OH is 1. The fourth-order valence-electron chi connectivity index (χ4n) is 3.66. The van der Waals surface area contributed by atoms with Crippen LogP contribution >= 0.6 is 23.3 Å². The Hall–Kier alpha value is -4.09. The first-order chi connectivity index (χ1) is 17.7. The van der Waals surface area contributed by atoms with Gasteiger partial charge in [-0.1, -0.05) is 5.16 Å². The molecule has 0 saturated carbocycles. The number of carbonyl (C=O) groups excluding carboxylic acids is 3. The maximum Gasteiger partial charge on any atom is 0.344 e. The number of β-lactam (4-membered cyclic amide) rings is 1. The first-order valence-electron chi connectivity index (χ1n) is 10.5. The summed E-state index contributed by atoms with van der Waals surface area (Å²) in [5.74, 6) is -4.51. The van der Waals surface area contributed by atoms with Crippen molar-refractivity contribution < 1.29 is 43.9 Å². The van der Waals surface area contributed by atoms with E-state index in [0.29, 0.717) is 11.1 Å². The lowest BCUT2D eigenvalue weighted by Crippen LogP contribution is -2.71. The lowest BCUT2D eigenvalue weighted by Gasteiger charge is -2.50. The summed E-state index contributed by atoms with van der Waals surface area (Å²) in [4.78, 5) is 58.1. The van der Waals surface area contributed by atoms with Crippen molar-refractivity contribution in [1.82, 2.24) is 19.6 Å². The Balaban J connectivity index is 1.53. The highest BCUT2D eigenvalue weighted by molar-refractivity contribution is 8.00. The van der Waals surface area contributed by atoms with Gasteiger partial charge < -0.3 is 36.0 Å². The number of pyridine rings is 1. The van der Waals surface area contributed by atoms with Crippen LogP contribution in [0, 0.1) is 0 Å². The summed E-state index contributed by atoms with van der Waals surface area (Å²) >= 11 is 2.00. The quantitative estimate of drug-likeness (QED) is 0.0995. The third-order valence-electron chi connectivity index (χ3n) is 5.22. The number of nitrogens with two attached hydrogens (primary N) is 1. The molecule has 2 aromatic rings. The molecule has 5 N–H and O–H groups in total. The number of rotatable bonds is 10. The minimum absolute atomic E-state index is 0.0149. The van der Waals surface area contributed by atoms with Crippen molar-refractivity contribution in [2.24, 2.45) is 5.16 Å². The first-order valence-corrected chi connectivity index (χ1v) is 12.3. The van der Waals surface area contributed by atoms with Crippen molar-refractivity contribution in [3.63, 3.8) is 0 Å². The highest BCUT2D eigenvalue weighted by Gasteiger charge is 2.53. The van der Waals surface area contributed by atoms with Crippen LogP contribution in [0.1, 0.15) is 11.4 Å². The van der Waals surface area contributed by atoms with Crippen LogP contribution in [0.4, 0.5) is 5.13 Å². The molecule has 1 saturated heterocycles. The van der Waals surface area contributed by atoms with E-state index in [-0.39, 0.29) is 35.6 Å². The highest BCUT2D eigenvalue weighted by Crippen LogP contribution is 2.40. The molecule has 4 rings (SSSR count). The van der Waals surface area contributed by atoms with E-state index in [1.807, 2.05) is 0 Å². The summed E-state index contributed by atoms with van der Waals surface area (Å²) in [5, 5.41) is 35.3. The molecule has 1 unspecified atom stereocenters. The molecule has 0 aromatic carbocycles. The van der Waals surface area contributed by atoms with Gasteiger partial charge in [-0.15, -0.1) is 11.8 Å². The number of amides is 2. The summed E-state index contributed by atoms with van der Waals surface area (Å²) in [6.07, 6.45) is 3.35. The number of nitrogens with one attached hydrogen (secondary N) is 1. The predicted octanol–water partition coefficient (Wildman–Crippen LogP) is -3.19. The normalized spacial score (nSPS) is 19.2.